The monoisotopic (exact) mass is 260 g/mol. The van der Waals surface area contributed by atoms with Gasteiger partial charge in [0.25, 0.3) is 0 Å². The summed E-state index contributed by atoms with van der Waals surface area (Å²) in [5.41, 5.74) is 9.32. The summed E-state index contributed by atoms with van der Waals surface area (Å²) in [7, 11) is 0. The number of benzene rings is 3. The maximum atomic E-state index is 6.40. The molecule has 0 aliphatic carbocycles. The van der Waals surface area contributed by atoms with Crippen molar-refractivity contribution in [1.29, 1.82) is 0 Å². The van der Waals surface area contributed by atoms with Crippen LogP contribution in [0.15, 0.2) is 71.7 Å². The summed E-state index contributed by atoms with van der Waals surface area (Å²) in [6.07, 6.45) is 0. The highest BCUT2D eigenvalue weighted by atomic mass is 14.7. The number of para-hydroxylation sites is 1. The molecule has 2 N–H and O–H groups in total. The van der Waals surface area contributed by atoms with Crippen molar-refractivity contribution in [3.8, 4) is 0 Å². The fraction of sp³-hybridized carbons (Fsp3) is 0.0556. The van der Waals surface area contributed by atoms with E-state index in [2.05, 4.69) is 42.0 Å². The van der Waals surface area contributed by atoms with Gasteiger partial charge in [-0.2, -0.15) is 0 Å². The van der Waals surface area contributed by atoms with Gasteiger partial charge in [0, 0.05) is 0 Å². The number of nitrogens with two attached hydrogens (primary N) is 1. The number of aliphatic imine (C=N–C) groups is 1. The van der Waals surface area contributed by atoms with Crippen LogP contribution in [0, 0.1) is 0 Å². The predicted molar refractivity (Wildman–Crippen MR) is 85.6 cm³/mol. The number of hydrogen-bond donors (Lipinski definition) is 1. The molecule has 0 heterocycles. The lowest BCUT2D eigenvalue weighted by molar-refractivity contribution is 0.874. The predicted octanol–water partition coefficient (Wildman–Crippen LogP) is 4.22. The summed E-state index contributed by atoms with van der Waals surface area (Å²) >= 11 is 0. The maximum absolute atomic E-state index is 6.40. The van der Waals surface area contributed by atoms with Crippen molar-refractivity contribution in [2.75, 3.05) is 0 Å². The molecular formula is C18H16N2. The summed E-state index contributed by atoms with van der Waals surface area (Å²) in [4.78, 5) is 4.05. The van der Waals surface area contributed by atoms with E-state index in [1.807, 2.05) is 36.4 Å². The Bertz CT molecular complexity index is 762. The molecule has 0 aliphatic rings. The molecule has 0 saturated carbocycles. The Kier molecular flexibility index (Phi) is 3.32. The Morgan fingerprint density at radius 3 is 2.35 bits per heavy atom. The molecule has 0 aromatic heterocycles. The van der Waals surface area contributed by atoms with Crippen LogP contribution < -0.4 is 5.73 Å². The van der Waals surface area contributed by atoms with Gasteiger partial charge in [0.2, 0.25) is 0 Å². The van der Waals surface area contributed by atoms with Crippen LogP contribution in [-0.4, -0.2) is 6.72 Å². The minimum absolute atomic E-state index is 0.193. The van der Waals surface area contributed by atoms with Crippen molar-refractivity contribution >= 4 is 23.2 Å². The first-order valence-electron chi connectivity index (χ1n) is 6.59. The molecule has 98 valence electrons. The zero-order chi connectivity index (χ0) is 13.9. The van der Waals surface area contributed by atoms with Gasteiger partial charge in [0.05, 0.1) is 11.7 Å². The van der Waals surface area contributed by atoms with Crippen LogP contribution in [0.3, 0.4) is 0 Å². The standard InChI is InChI=1S/C18H16N2/c1-20-17-9-5-4-8-16(17)18(19)15-11-10-13-6-2-3-7-14(13)12-15/h2-12,18H,1,19H2. The molecule has 0 bridgehead atoms. The minimum Gasteiger partial charge on any atom is -0.320 e. The molecule has 2 nitrogen and oxygen atoms in total. The van der Waals surface area contributed by atoms with Gasteiger partial charge in [-0.15, -0.1) is 0 Å². The summed E-state index contributed by atoms with van der Waals surface area (Å²) in [5.74, 6) is 0. The first-order chi connectivity index (χ1) is 9.79. The van der Waals surface area contributed by atoms with Gasteiger partial charge < -0.3 is 5.73 Å². The van der Waals surface area contributed by atoms with Gasteiger partial charge in [-0.25, -0.2) is 0 Å². The van der Waals surface area contributed by atoms with Gasteiger partial charge >= 0.3 is 0 Å². The second kappa shape index (κ2) is 5.27. The molecule has 0 saturated heterocycles. The van der Waals surface area contributed by atoms with E-state index in [1.54, 1.807) is 0 Å². The van der Waals surface area contributed by atoms with E-state index in [9.17, 15) is 0 Å². The zero-order valence-electron chi connectivity index (χ0n) is 11.2. The average Bonchev–Trinajstić information content (AvgIpc) is 2.53. The number of fused-ring (bicyclic) bond motifs is 1. The highest BCUT2D eigenvalue weighted by Gasteiger charge is 2.12. The Balaban J connectivity index is 2.07. The van der Waals surface area contributed by atoms with Crippen molar-refractivity contribution in [3.63, 3.8) is 0 Å². The topological polar surface area (TPSA) is 38.4 Å². The van der Waals surface area contributed by atoms with Crippen LogP contribution in [0.2, 0.25) is 0 Å². The smallest absolute Gasteiger partial charge is 0.0673 e. The first kappa shape index (κ1) is 12.6. The fourth-order valence-corrected chi connectivity index (χ4v) is 2.48. The van der Waals surface area contributed by atoms with Crippen LogP contribution in [-0.2, 0) is 0 Å². The Labute approximate surface area is 118 Å². The number of rotatable bonds is 3. The normalized spacial score (nSPS) is 12.2. The summed E-state index contributed by atoms with van der Waals surface area (Å²) in [5, 5.41) is 2.42. The highest BCUT2D eigenvalue weighted by Crippen LogP contribution is 2.29. The van der Waals surface area contributed by atoms with Crippen molar-refractivity contribution in [1.82, 2.24) is 0 Å². The van der Waals surface area contributed by atoms with E-state index in [0.717, 1.165) is 16.8 Å². The Hall–Kier alpha value is -2.45. The second-order valence-electron chi connectivity index (χ2n) is 4.80. The third-order valence-electron chi connectivity index (χ3n) is 3.57. The minimum atomic E-state index is -0.193. The third-order valence-corrected chi connectivity index (χ3v) is 3.57. The molecule has 1 unspecified atom stereocenters. The highest BCUT2D eigenvalue weighted by molar-refractivity contribution is 5.83. The lowest BCUT2D eigenvalue weighted by Gasteiger charge is -2.15. The summed E-state index contributed by atoms with van der Waals surface area (Å²) in [6.45, 7) is 3.61. The molecule has 1 atom stereocenters. The van der Waals surface area contributed by atoms with Gasteiger partial charge in [0.1, 0.15) is 0 Å². The van der Waals surface area contributed by atoms with E-state index in [1.165, 1.54) is 10.8 Å². The molecule has 0 aliphatic heterocycles. The molecule has 0 spiro atoms. The van der Waals surface area contributed by atoms with Crippen LogP contribution in [0.25, 0.3) is 10.8 Å². The van der Waals surface area contributed by atoms with Gasteiger partial charge in [-0.05, 0) is 40.7 Å². The van der Waals surface area contributed by atoms with Crippen LogP contribution >= 0.6 is 0 Å². The number of nitrogens with zero attached hydrogens (tertiary/aromatic N) is 1. The first-order valence-corrected chi connectivity index (χ1v) is 6.59. The molecule has 3 aromatic rings. The van der Waals surface area contributed by atoms with E-state index >= 15 is 0 Å². The lowest BCUT2D eigenvalue weighted by atomic mass is 9.96. The molecular weight excluding hydrogens is 244 g/mol. The van der Waals surface area contributed by atoms with Crippen molar-refractivity contribution in [3.05, 3.63) is 77.9 Å². The SMILES string of the molecule is C=Nc1ccccc1C(N)c1ccc2ccccc2c1. The molecule has 2 heteroatoms. The van der Waals surface area contributed by atoms with Gasteiger partial charge in [0.15, 0.2) is 0 Å². The second-order valence-corrected chi connectivity index (χ2v) is 4.80. The van der Waals surface area contributed by atoms with Crippen molar-refractivity contribution < 1.29 is 0 Å². The molecule has 3 aromatic carbocycles. The lowest BCUT2D eigenvalue weighted by Crippen LogP contribution is -2.11. The van der Waals surface area contributed by atoms with E-state index in [0.29, 0.717) is 0 Å². The van der Waals surface area contributed by atoms with E-state index < -0.39 is 0 Å². The van der Waals surface area contributed by atoms with E-state index in [4.69, 9.17) is 5.73 Å². The largest absolute Gasteiger partial charge is 0.320 e. The van der Waals surface area contributed by atoms with Crippen LogP contribution in [0.5, 0.6) is 0 Å². The molecule has 20 heavy (non-hydrogen) atoms. The molecule has 3 rings (SSSR count). The average molecular weight is 260 g/mol. The van der Waals surface area contributed by atoms with Crippen LogP contribution in [0.1, 0.15) is 17.2 Å². The van der Waals surface area contributed by atoms with Gasteiger partial charge in [-0.3, -0.25) is 4.99 Å². The summed E-state index contributed by atoms with van der Waals surface area (Å²) < 4.78 is 0. The quantitative estimate of drug-likeness (QED) is 0.703. The third kappa shape index (κ3) is 2.22. The molecule has 0 radical (unpaired) electrons. The molecule has 0 amide bonds. The zero-order valence-corrected chi connectivity index (χ0v) is 11.2. The van der Waals surface area contributed by atoms with Crippen LogP contribution in [0.4, 0.5) is 5.69 Å². The van der Waals surface area contributed by atoms with Crippen molar-refractivity contribution in [2.24, 2.45) is 10.7 Å². The Morgan fingerprint density at radius 1 is 0.850 bits per heavy atom. The fourth-order valence-electron chi connectivity index (χ4n) is 2.48. The molecule has 0 fully saturated rings. The number of hydrogen-bond acceptors (Lipinski definition) is 2. The Morgan fingerprint density at radius 2 is 1.55 bits per heavy atom. The maximum Gasteiger partial charge on any atom is 0.0673 e. The van der Waals surface area contributed by atoms with Gasteiger partial charge in [-0.1, -0.05) is 54.6 Å². The van der Waals surface area contributed by atoms with Crippen molar-refractivity contribution in [2.45, 2.75) is 6.04 Å². The summed E-state index contributed by atoms with van der Waals surface area (Å²) in [6, 6.07) is 22.3. The van der Waals surface area contributed by atoms with E-state index in [-0.39, 0.29) is 6.04 Å².